The zero-order chi connectivity index (χ0) is 21.2. The molecule has 2 N–H and O–H groups in total. The van der Waals surface area contributed by atoms with Crippen LogP contribution in [0.3, 0.4) is 0 Å². The van der Waals surface area contributed by atoms with Gasteiger partial charge in [-0.25, -0.2) is 4.79 Å². The van der Waals surface area contributed by atoms with E-state index in [4.69, 9.17) is 16.3 Å². The first-order valence-corrected chi connectivity index (χ1v) is 8.84. The molecular weight excluding hydrogens is 399 g/mol. The van der Waals surface area contributed by atoms with E-state index in [2.05, 4.69) is 10.4 Å². The van der Waals surface area contributed by atoms with E-state index in [0.29, 0.717) is 17.8 Å². The van der Waals surface area contributed by atoms with E-state index in [1.807, 2.05) is 13.8 Å². The summed E-state index contributed by atoms with van der Waals surface area (Å²) in [6.07, 6.45) is -4.40. The molecule has 0 spiro atoms. The zero-order valence-electron chi connectivity index (χ0n) is 15.8. The summed E-state index contributed by atoms with van der Waals surface area (Å²) in [6.45, 7) is 5.27. The highest BCUT2D eigenvalue weighted by Crippen LogP contribution is 2.39. The Morgan fingerprint density at radius 3 is 2.50 bits per heavy atom. The minimum absolute atomic E-state index is 0.0594. The van der Waals surface area contributed by atoms with Crippen molar-refractivity contribution in [3.05, 3.63) is 28.9 Å². The Kier molecular flexibility index (Phi) is 6.48. The normalized spacial score (nSPS) is 12.9. The second kappa shape index (κ2) is 8.30. The fourth-order valence-electron chi connectivity index (χ4n) is 2.62. The number of aromatic nitrogens is 2. The van der Waals surface area contributed by atoms with Crippen molar-refractivity contribution in [2.24, 2.45) is 5.92 Å². The summed E-state index contributed by atoms with van der Waals surface area (Å²) >= 11 is 6.27. The van der Waals surface area contributed by atoms with Crippen LogP contribution in [-0.4, -0.2) is 40.2 Å². The number of carboxylic acid groups (broad SMARTS) is 1. The van der Waals surface area contributed by atoms with Gasteiger partial charge in [-0.3, -0.25) is 4.68 Å². The van der Waals surface area contributed by atoms with Crippen LogP contribution >= 0.6 is 11.6 Å². The number of aromatic carboxylic acids is 1. The Bertz CT molecular complexity index is 866. The number of carboxylic acids is 1. The number of methoxy groups -OCH3 is 1. The first-order valence-electron chi connectivity index (χ1n) is 8.47. The van der Waals surface area contributed by atoms with E-state index in [0.717, 1.165) is 6.92 Å². The van der Waals surface area contributed by atoms with Gasteiger partial charge < -0.3 is 15.2 Å². The van der Waals surface area contributed by atoms with E-state index < -0.39 is 18.2 Å². The van der Waals surface area contributed by atoms with E-state index in [1.54, 1.807) is 0 Å². The van der Waals surface area contributed by atoms with Crippen molar-refractivity contribution in [2.75, 3.05) is 12.4 Å². The smallest absolute Gasteiger partial charge is 0.408 e. The fraction of sp³-hybridized carbons (Fsp3) is 0.444. The fourth-order valence-corrected chi connectivity index (χ4v) is 2.94. The number of nitrogens with zero attached hydrogens (tertiary/aromatic N) is 2. The Morgan fingerprint density at radius 2 is 2.00 bits per heavy atom. The minimum Gasteiger partial charge on any atom is -0.496 e. The van der Waals surface area contributed by atoms with Crippen LogP contribution in [0.1, 0.15) is 31.3 Å². The molecule has 0 bridgehead atoms. The molecule has 0 unspecified atom stereocenters. The van der Waals surface area contributed by atoms with E-state index >= 15 is 0 Å². The number of alkyl halides is 3. The Hall–Kier alpha value is -2.42. The predicted molar refractivity (Wildman–Crippen MR) is 100 cm³/mol. The van der Waals surface area contributed by atoms with E-state index in [9.17, 15) is 23.1 Å². The van der Waals surface area contributed by atoms with Crippen LogP contribution in [-0.2, 0) is 6.54 Å². The van der Waals surface area contributed by atoms with Gasteiger partial charge in [0.25, 0.3) is 0 Å². The molecule has 1 atom stereocenters. The lowest BCUT2D eigenvalue weighted by atomic mass is 10.1. The van der Waals surface area contributed by atoms with Crippen molar-refractivity contribution in [3.8, 4) is 17.0 Å². The van der Waals surface area contributed by atoms with Crippen LogP contribution in [0.15, 0.2) is 18.2 Å². The highest BCUT2D eigenvalue weighted by Gasteiger charge is 2.36. The van der Waals surface area contributed by atoms with Crippen LogP contribution in [0.25, 0.3) is 11.3 Å². The Labute approximate surface area is 165 Å². The average molecular weight is 420 g/mol. The molecule has 0 aliphatic carbocycles. The molecule has 0 saturated heterocycles. The number of hydrogen-bond donors (Lipinski definition) is 2. The molecule has 1 heterocycles. The van der Waals surface area contributed by atoms with Crippen LogP contribution < -0.4 is 10.1 Å². The van der Waals surface area contributed by atoms with Crippen molar-refractivity contribution in [1.82, 2.24) is 9.78 Å². The summed E-state index contributed by atoms with van der Waals surface area (Å²) in [6, 6.07) is 2.62. The van der Waals surface area contributed by atoms with Crippen molar-refractivity contribution in [3.63, 3.8) is 0 Å². The summed E-state index contributed by atoms with van der Waals surface area (Å²) in [7, 11) is 1.37. The summed E-state index contributed by atoms with van der Waals surface area (Å²) in [5, 5.41) is 15.7. The van der Waals surface area contributed by atoms with E-state index in [-0.39, 0.29) is 28.1 Å². The third-order valence-electron chi connectivity index (χ3n) is 3.97. The maximum atomic E-state index is 12.8. The predicted octanol–water partition coefficient (Wildman–Crippen LogP) is 4.93. The number of nitrogens with one attached hydrogen (secondary N) is 1. The molecular formula is C18H21ClF3N3O3. The molecule has 28 heavy (non-hydrogen) atoms. The molecule has 10 heteroatoms. The van der Waals surface area contributed by atoms with Gasteiger partial charge in [-0.2, -0.15) is 18.3 Å². The molecule has 0 aliphatic rings. The van der Waals surface area contributed by atoms with E-state index in [1.165, 1.54) is 30.0 Å². The van der Waals surface area contributed by atoms with Gasteiger partial charge in [-0.05, 0) is 25.0 Å². The third-order valence-corrected chi connectivity index (χ3v) is 4.32. The number of rotatable bonds is 7. The molecule has 6 nitrogen and oxygen atoms in total. The highest BCUT2D eigenvalue weighted by molar-refractivity contribution is 6.35. The molecule has 1 aromatic carbocycles. The summed E-state index contributed by atoms with van der Waals surface area (Å²) in [4.78, 5) is 11.4. The number of hydrogen-bond acceptors (Lipinski definition) is 4. The quantitative estimate of drug-likeness (QED) is 0.665. The van der Waals surface area contributed by atoms with Crippen LogP contribution in [0, 0.1) is 5.92 Å². The molecule has 2 aromatic rings. The number of benzene rings is 1. The summed E-state index contributed by atoms with van der Waals surface area (Å²) in [5.74, 6) is -0.885. The molecule has 154 valence electrons. The van der Waals surface area contributed by atoms with Crippen molar-refractivity contribution >= 4 is 23.3 Å². The van der Waals surface area contributed by atoms with Gasteiger partial charge in [-0.15, -0.1) is 0 Å². The molecule has 0 saturated carbocycles. The van der Waals surface area contributed by atoms with Gasteiger partial charge in [0, 0.05) is 23.9 Å². The van der Waals surface area contributed by atoms with Crippen LogP contribution in [0.5, 0.6) is 5.75 Å². The second-order valence-corrected chi connectivity index (χ2v) is 7.09. The van der Waals surface area contributed by atoms with Gasteiger partial charge >= 0.3 is 12.1 Å². The third kappa shape index (κ3) is 4.70. The lowest BCUT2D eigenvalue weighted by Crippen LogP contribution is -2.33. The van der Waals surface area contributed by atoms with Gasteiger partial charge in [-0.1, -0.05) is 25.4 Å². The number of halogens is 4. The summed E-state index contributed by atoms with van der Waals surface area (Å²) < 4.78 is 45.2. The number of carbonyl (C=O) groups is 1. The topological polar surface area (TPSA) is 76.4 Å². The maximum Gasteiger partial charge on any atom is 0.408 e. The number of anilines is 1. The highest BCUT2D eigenvalue weighted by atomic mass is 35.5. The number of ether oxygens (including phenoxy) is 1. The zero-order valence-corrected chi connectivity index (χ0v) is 16.5. The van der Waals surface area contributed by atoms with Crippen molar-refractivity contribution < 1.29 is 27.8 Å². The maximum absolute atomic E-state index is 12.8. The molecule has 1 aromatic heterocycles. The largest absolute Gasteiger partial charge is 0.496 e. The Balaban J connectivity index is 2.54. The second-order valence-electron chi connectivity index (χ2n) is 6.72. The molecule has 0 aliphatic heterocycles. The lowest BCUT2D eigenvalue weighted by Gasteiger charge is -2.20. The average Bonchev–Trinajstić information content (AvgIpc) is 2.89. The Morgan fingerprint density at radius 1 is 1.36 bits per heavy atom. The first kappa shape index (κ1) is 21.9. The van der Waals surface area contributed by atoms with Crippen molar-refractivity contribution in [1.29, 1.82) is 0 Å². The molecule has 2 rings (SSSR count). The van der Waals surface area contributed by atoms with Gasteiger partial charge in [0.1, 0.15) is 16.8 Å². The molecule has 0 radical (unpaired) electrons. The van der Waals surface area contributed by atoms with Crippen LogP contribution in [0.4, 0.5) is 18.9 Å². The molecule has 0 fully saturated rings. The van der Waals surface area contributed by atoms with Gasteiger partial charge in [0.05, 0.1) is 12.8 Å². The van der Waals surface area contributed by atoms with Gasteiger partial charge in [0.15, 0.2) is 5.69 Å². The van der Waals surface area contributed by atoms with Gasteiger partial charge in [0.2, 0.25) is 0 Å². The lowest BCUT2D eigenvalue weighted by molar-refractivity contribution is -0.138. The monoisotopic (exact) mass is 419 g/mol. The minimum atomic E-state index is -4.40. The SMILES string of the molecule is COc1cc(N[C@H](C)C(F)(F)F)ccc1-c1c(Cl)c(C(=O)O)nn1CC(C)C. The first-order chi connectivity index (χ1) is 13.0. The summed E-state index contributed by atoms with van der Waals surface area (Å²) in [5.41, 5.74) is 0.667. The molecule has 0 amide bonds. The standard InChI is InChI=1S/C18H21ClF3N3O3/c1-9(2)8-25-16(14(19)15(24-25)17(26)27)12-6-5-11(7-13(12)28-4)23-10(3)18(20,21)22/h5-7,9-10,23H,8H2,1-4H3,(H,26,27)/t10-/m1/s1. The van der Waals surface area contributed by atoms with Crippen LogP contribution in [0.2, 0.25) is 5.02 Å². The van der Waals surface area contributed by atoms with Crippen molar-refractivity contribution in [2.45, 2.75) is 39.5 Å².